The highest BCUT2D eigenvalue weighted by molar-refractivity contribution is 6.33. The van der Waals surface area contributed by atoms with Crippen molar-refractivity contribution in [2.24, 2.45) is 5.41 Å². The molecule has 1 aliphatic rings. The van der Waals surface area contributed by atoms with Crippen LogP contribution >= 0.6 is 11.6 Å². The lowest BCUT2D eigenvalue weighted by atomic mass is 9.95. The molecule has 4 N–H and O–H groups in total. The van der Waals surface area contributed by atoms with Gasteiger partial charge in [-0.25, -0.2) is 0 Å². The van der Waals surface area contributed by atoms with Crippen LogP contribution in [0.1, 0.15) is 56.4 Å². The number of carboxylic acids is 1. The largest absolute Gasteiger partial charge is 0.481 e. The minimum absolute atomic E-state index is 0.0914. The summed E-state index contributed by atoms with van der Waals surface area (Å²) in [7, 11) is 0. The first kappa shape index (κ1) is 27.7. The van der Waals surface area contributed by atoms with E-state index in [0.29, 0.717) is 6.54 Å². The number of carbonyl (C=O) groups is 2. The number of hydrogen-bond acceptors (Lipinski definition) is 4. The van der Waals surface area contributed by atoms with E-state index >= 15 is 0 Å². The highest BCUT2D eigenvalue weighted by atomic mass is 35.5. The summed E-state index contributed by atoms with van der Waals surface area (Å²) < 4.78 is 0. The van der Waals surface area contributed by atoms with Gasteiger partial charge < -0.3 is 21.1 Å². The van der Waals surface area contributed by atoms with E-state index in [1.54, 1.807) is 0 Å². The van der Waals surface area contributed by atoms with E-state index in [-0.39, 0.29) is 11.3 Å². The van der Waals surface area contributed by atoms with Gasteiger partial charge in [0.1, 0.15) is 0 Å². The quantitative estimate of drug-likeness (QED) is 0.468. The number of anilines is 1. The summed E-state index contributed by atoms with van der Waals surface area (Å²) >= 11 is 6.55. The third kappa shape index (κ3) is 9.35. The molecule has 1 aliphatic heterocycles. The zero-order chi connectivity index (χ0) is 25.1. The minimum Gasteiger partial charge on any atom is -0.481 e. The molecule has 0 atom stereocenters. The molecule has 2 aromatic carbocycles. The van der Waals surface area contributed by atoms with Gasteiger partial charge in [-0.2, -0.15) is 0 Å². The minimum atomic E-state index is -0.833. The number of rotatable bonds is 6. The molecule has 0 saturated carbocycles. The van der Waals surface area contributed by atoms with Crippen molar-refractivity contribution in [2.45, 2.75) is 59.9 Å². The molecule has 1 heterocycles. The van der Waals surface area contributed by atoms with Crippen molar-refractivity contribution >= 4 is 29.2 Å². The van der Waals surface area contributed by atoms with Gasteiger partial charge in [-0.15, -0.1) is 0 Å². The van der Waals surface area contributed by atoms with E-state index in [9.17, 15) is 4.79 Å². The fourth-order valence-corrected chi connectivity index (χ4v) is 3.96. The Labute approximate surface area is 208 Å². The Hall–Kier alpha value is -2.57. The molecule has 0 spiro atoms. The van der Waals surface area contributed by atoms with Gasteiger partial charge in [0.15, 0.2) is 0 Å². The van der Waals surface area contributed by atoms with Crippen molar-refractivity contribution < 1.29 is 14.7 Å². The fourth-order valence-electron chi connectivity index (χ4n) is 3.71. The normalized spacial score (nSPS) is 13.4. The van der Waals surface area contributed by atoms with Gasteiger partial charge in [-0.05, 0) is 67.1 Å². The number of benzene rings is 2. The molecule has 0 aromatic heterocycles. The maximum absolute atomic E-state index is 12.0. The van der Waals surface area contributed by atoms with Crippen LogP contribution in [0.2, 0.25) is 5.02 Å². The monoisotopic (exact) mass is 487 g/mol. The van der Waals surface area contributed by atoms with E-state index in [2.05, 4.69) is 46.3 Å². The Balaban J connectivity index is 0.000000945. The summed E-state index contributed by atoms with van der Waals surface area (Å²) in [5, 5.41) is 18.3. The first-order valence-corrected chi connectivity index (χ1v) is 12.3. The Morgan fingerprint density at radius 1 is 1.03 bits per heavy atom. The molecular weight excluding hydrogens is 450 g/mol. The van der Waals surface area contributed by atoms with E-state index in [1.807, 2.05) is 26.8 Å². The summed E-state index contributed by atoms with van der Waals surface area (Å²) in [4.78, 5) is 21.0. The smallest absolute Gasteiger partial charge is 0.300 e. The number of nitrogens with one attached hydrogen (secondary N) is 3. The lowest BCUT2D eigenvalue weighted by molar-refractivity contribution is -0.134. The van der Waals surface area contributed by atoms with Gasteiger partial charge in [0.2, 0.25) is 5.91 Å². The van der Waals surface area contributed by atoms with Crippen molar-refractivity contribution in [3.63, 3.8) is 0 Å². The molecule has 0 radical (unpaired) electrons. The average Bonchev–Trinajstić information content (AvgIpc) is 2.74. The molecule has 7 heteroatoms. The van der Waals surface area contributed by atoms with Gasteiger partial charge in [-0.1, -0.05) is 62.7 Å². The van der Waals surface area contributed by atoms with Crippen LogP contribution < -0.4 is 16.0 Å². The SMILES string of the molecule is CC(=O)O.CC(C)(C)C(=O)NCCc1ccc(CNc2c(Cl)ccc3c2CCCNCC3)cc1. The molecule has 0 fully saturated rings. The van der Waals surface area contributed by atoms with Crippen LogP contribution in [-0.2, 0) is 35.4 Å². The summed E-state index contributed by atoms with van der Waals surface area (Å²) in [5.41, 5.74) is 5.95. The molecule has 1 amide bonds. The second-order valence-electron chi connectivity index (χ2n) is 9.61. The van der Waals surface area contributed by atoms with Gasteiger partial charge in [0, 0.05) is 25.4 Å². The third-order valence-corrected chi connectivity index (χ3v) is 5.90. The summed E-state index contributed by atoms with van der Waals surface area (Å²) in [6, 6.07) is 12.8. The second kappa shape index (κ2) is 13.4. The predicted molar refractivity (Wildman–Crippen MR) is 140 cm³/mol. The Morgan fingerprint density at radius 3 is 2.32 bits per heavy atom. The molecule has 0 bridgehead atoms. The van der Waals surface area contributed by atoms with Crippen LogP contribution in [0, 0.1) is 5.41 Å². The molecule has 0 saturated heterocycles. The first-order valence-electron chi connectivity index (χ1n) is 11.9. The Kier molecular flexibility index (Phi) is 10.9. The molecule has 2 aromatic rings. The average molecular weight is 488 g/mol. The maximum Gasteiger partial charge on any atom is 0.300 e. The highest BCUT2D eigenvalue weighted by Gasteiger charge is 2.20. The Morgan fingerprint density at radius 2 is 1.68 bits per heavy atom. The van der Waals surface area contributed by atoms with Crippen LogP contribution in [-0.4, -0.2) is 36.6 Å². The van der Waals surface area contributed by atoms with Crippen molar-refractivity contribution in [3.8, 4) is 0 Å². The van der Waals surface area contributed by atoms with Crippen molar-refractivity contribution in [2.75, 3.05) is 25.0 Å². The van der Waals surface area contributed by atoms with Crippen LogP contribution in [0.3, 0.4) is 0 Å². The standard InChI is InChI=1S/C25H34ClN3O.C2H4O2/c1-25(2,3)24(30)28-16-12-18-6-8-19(9-7-18)17-29-23-21-5-4-14-27-15-13-20(21)10-11-22(23)26;1-2(3)4/h6-11,27,29H,4-5,12-17H2,1-3H3,(H,28,30);1H3,(H,3,4). The number of hydrogen-bond donors (Lipinski definition) is 4. The summed E-state index contributed by atoms with van der Waals surface area (Å²) in [5.74, 6) is -0.742. The zero-order valence-electron chi connectivity index (χ0n) is 20.8. The number of aliphatic carboxylic acids is 1. The number of carbonyl (C=O) groups excluding carboxylic acids is 1. The maximum atomic E-state index is 12.0. The van der Waals surface area contributed by atoms with Crippen molar-refractivity contribution in [1.82, 2.24) is 10.6 Å². The van der Waals surface area contributed by atoms with E-state index < -0.39 is 5.97 Å². The fraction of sp³-hybridized carbons (Fsp3) is 0.481. The van der Waals surface area contributed by atoms with Crippen LogP contribution in [0.15, 0.2) is 36.4 Å². The number of halogens is 1. The number of carboxylic acid groups (broad SMARTS) is 1. The second-order valence-corrected chi connectivity index (χ2v) is 10.0. The molecule has 186 valence electrons. The van der Waals surface area contributed by atoms with E-state index in [1.165, 1.54) is 22.3 Å². The Bertz CT molecular complexity index is 949. The number of fused-ring (bicyclic) bond motifs is 1. The van der Waals surface area contributed by atoms with E-state index in [4.69, 9.17) is 21.5 Å². The molecule has 0 aliphatic carbocycles. The highest BCUT2D eigenvalue weighted by Crippen LogP contribution is 2.31. The van der Waals surface area contributed by atoms with Crippen LogP contribution in [0.25, 0.3) is 0 Å². The predicted octanol–water partition coefficient (Wildman–Crippen LogP) is 4.83. The topological polar surface area (TPSA) is 90.5 Å². The molecule has 0 unspecified atom stereocenters. The zero-order valence-corrected chi connectivity index (χ0v) is 21.5. The van der Waals surface area contributed by atoms with Gasteiger partial charge in [-0.3, -0.25) is 9.59 Å². The third-order valence-electron chi connectivity index (χ3n) is 5.58. The molecule has 3 rings (SSSR count). The van der Waals surface area contributed by atoms with Gasteiger partial charge >= 0.3 is 0 Å². The number of amides is 1. The van der Waals surface area contributed by atoms with Crippen molar-refractivity contribution in [1.29, 1.82) is 0 Å². The van der Waals surface area contributed by atoms with E-state index in [0.717, 1.165) is 63.0 Å². The van der Waals surface area contributed by atoms with Gasteiger partial charge in [0.25, 0.3) is 5.97 Å². The lowest BCUT2D eigenvalue weighted by Crippen LogP contribution is -2.35. The van der Waals surface area contributed by atoms with Crippen LogP contribution in [0.4, 0.5) is 5.69 Å². The van der Waals surface area contributed by atoms with Crippen LogP contribution in [0.5, 0.6) is 0 Å². The molecule has 6 nitrogen and oxygen atoms in total. The first-order chi connectivity index (χ1) is 16.1. The van der Waals surface area contributed by atoms with Gasteiger partial charge in [0.05, 0.1) is 10.7 Å². The summed E-state index contributed by atoms with van der Waals surface area (Å²) in [6.07, 6.45) is 4.05. The summed E-state index contributed by atoms with van der Waals surface area (Å²) in [6.45, 7) is 10.4. The molecular formula is C27H38ClN3O3. The van der Waals surface area contributed by atoms with Crippen molar-refractivity contribution in [3.05, 3.63) is 63.7 Å². The molecule has 34 heavy (non-hydrogen) atoms. The lowest BCUT2D eigenvalue weighted by Gasteiger charge is -2.20.